The van der Waals surface area contributed by atoms with Crippen LogP contribution in [0.25, 0.3) is 77.8 Å². The van der Waals surface area contributed by atoms with Gasteiger partial charge in [0.2, 0.25) is 0 Å². The first-order chi connectivity index (χ1) is 26.3. The van der Waals surface area contributed by atoms with Crippen LogP contribution in [0.4, 0.5) is 0 Å². The summed E-state index contributed by atoms with van der Waals surface area (Å²) in [5, 5.41) is 4.70. The van der Waals surface area contributed by atoms with E-state index < -0.39 is 0 Å². The first kappa shape index (κ1) is 28.6. The highest BCUT2D eigenvalue weighted by Crippen LogP contribution is 2.42. The fourth-order valence-corrected chi connectivity index (χ4v) is 8.56. The van der Waals surface area contributed by atoms with E-state index in [0.29, 0.717) is 5.82 Å². The number of nitrogens with zero attached hydrogens (tertiary/aromatic N) is 4. The smallest absolute Gasteiger partial charge is 0.434 e. The van der Waals surface area contributed by atoms with E-state index in [1.807, 2.05) is 30.3 Å². The number of hydrogen-bond donors (Lipinski definition) is 0. The van der Waals surface area contributed by atoms with Crippen molar-refractivity contribution in [1.82, 2.24) is 19.1 Å². The Morgan fingerprint density at radius 2 is 0.925 bits per heavy atom. The number of rotatable bonds is 3. The van der Waals surface area contributed by atoms with Crippen LogP contribution in [0, 0.1) is 0 Å². The molecule has 2 aliphatic rings. The molecule has 12 rings (SSSR count). The fourth-order valence-electron chi connectivity index (χ4n) is 8.56. The van der Waals surface area contributed by atoms with Gasteiger partial charge < -0.3 is 9.39 Å². The number of hydrogen-bond acceptors (Lipinski definition) is 4. The predicted molar refractivity (Wildman–Crippen MR) is 214 cm³/mol. The minimum absolute atomic E-state index is 0.285. The lowest BCUT2D eigenvalue weighted by atomic mass is 9.51. The van der Waals surface area contributed by atoms with Gasteiger partial charge in [0.1, 0.15) is 28.9 Å². The normalized spacial score (nSPS) is 12.8. The molecular weight excluding hydrogens is 651 g/mol. The molecule has 2 aliphatic heterocycles. The lowest BCUT2D eigenvalue weighted by Crippen LogP contribution is -2.53. The van der Waals surface area contributed by atoms with Crippen LogP contribution in [0.15, 0.2) is 164 Å². The molecule has 0 fully saturated rings. The maximum atomic E-state index is 6.69. The molecule has 0 radical (unpaired) electrons. The van der Waals surface area contributed by atoms with Crippen molar-refractivity contribution in [3.63, 3.8) is 0 Å². The van der Waals surface area contributed by atoms with Crippen LogP contribution in [0.5, 0.6) is 17.2 Å². The van der Waals surface area contributed by atoms with Crippen molar-refractivity contribution in [3.05, 3.63) is 164 Å². The first-order valence-electron chi connectivity index (χ1n) is 17.9. The second-order valence-corrected chi connectivity index (χ2v) is 13.7. The van der Waals surface area contributed by atoms with Crippen molar-refractivity contribution in [3.8, 4) is 51.4 Å². The summed E-state index contributed by atoms with van der Waals surface area (Å²) in [6.07, 6.45) is 0. The minimum Gasteiger partial charge on any atom is -0.551 e. The number of aromatic nitrogens is 4. The molecule has 5 heterocycles. The number of benzene rings is 7. The average Bonchev–Trinajstić information content (AvgIpc) is 3.74. The van der Waals surface area contributed by atoms with Crippen LogP contribution in [-0.2, 0) is 0 Å². The highest BCUT2D eigenvalue weighted by atomic mass is 16.5. The lowest BCUT2D eigenvalue weighted by Gasteiger charge is -2.33. The molecule has 10 aromatic rings. The summed E-state index contributed by atoms with van der Waals surface area (Å²) in [5.41, 5.74) is 9.31. The maximum Gasteiger partial charge on any atom is 0.434 e. The Kier molecular flexibility index (Phi) is 5.77. The van der Waals surface area contributed by atoms with Gasteiger partial charge in [-0.15, -0.1) is 0 Å². The Hall–Kier alpha value is -7.12. The van der Waals surface area contributed by atoms with E-state index in [1.165, 1.54) is 21.5 Å². The average molecular weight is 679 g/mol. The van der Waals surface area contributed by atoms with Crippen molar-refractivity contribution in [2.75, 3.05) is 0 Å². The summed E-state index contributed by atoms with van der Waals surface area (Å²) in [5.74, 6) is 4.55. The molecule has 7 aromatic carbocycles. The number of para-hydroxylation sites is 6. The van der Waals surface area contributed by atoms with Crippen molar-refractivity contribution < 1.29 is 9.39 Å². The molecule has 0 spiro atoms. The van der Waals surface area contributed by atoms with E-state index in [2.05, 4.69) is 143 Å². The third-order valence-corrected chi connectivity index (χ3v) is 10.8. The maximum absolute atomic E-state index is 6.69. The van der Waals surface area contributed by atoms with Gasteiger partial charge in [-0.3, -0.25) is 9.13 Å². The zero-order valence-corrected chi connectivity index (χ0v) is 28.3. The second-order valence-electron chi connectivity index (χ2n) is 13.7. The predicted octanol–water partition coefficient (Wildman–Crippen LogP) is 9.61. The fraction of sp³-hybridized carbons (Fsp3) is 0. The van der Waals surface area contributed by atoms with Crippen LogP contribution in [0.3, 0.4) is 0 Å². The Bertz CT molecular complexity index is 2920. The summed E-state index contributed by atoms with van der Waals surface area (Å²) in [6.45, 7) is -0.285. The van der Waals surface area contributed by atoms with Gasteiger partial charge in [0, 0.05) is 49.7 Å². The molecular formula is C46H27BN4O2. The van der Waals surface area contributed by atoms with Crippen LogP contribution in [0.1, 0.15) is 0 Å². The van der Waals surface area contributed by atoms with Crippen LogP contribution < -0.4 is 20.3 Å². The summed E-state index contributed by atoms with van der Waals surface area (Å²) in [7, 11) is 0. The first-order valence-corrected chi connectivity index (χ1v) is 17.9. The van der Waals surface area contributed by atoms with E-state index in [4.69, 9.17) is 19.4 Å². The highest BCUT2D eigenvalue weighted by Gasteiger charge is 2.41. The summed E-state index contributed by atoms with van der Waals surface area (Å²) < 4.78 is 17.9. The van der Waals surface area contributed by atoms with Gasteiger partial charge in [-0.1, -0.05) is 109 Å². The molecule has 0 N–H and O–H groups in total. The molecule has 6 nitrogen and oxygen atoms in total. The van der Waals surface area contributed by atoms with Gasteiger partial charge in [0.25, 0.3) is 0 Å². The van der Waals surface area contributed by atoms with Crippen LogP contribution >= 0.6 is 0 Å². The number of fused-ring (bicyclic) bond motifs is 10. The van der Waals surface area contributed by atoms with Crippen LogP contribution in [-0.4, -0.2) is 26.0 Å². The molecule has 0 amide bonds. The minimum atomic E-state index is -0.285. The van der Waals surface area contributed by atoms with Crippen molar-refractivity contribution >= 4 is 61.5 Å². The van der Waals surface area contributed by atoms with Gasteiger partial charge >= 0.3 is 6.92 Å². The Morgan fingerprint density at radius 1 is 0.434 bits per heavy atom. The van der Waals surface area contributed by atoms with Gasteiger partial charge in [0.15, 0.2) is 5.82 Å². The Morgan fingerprint density at radius 3 is 1.51 bits per heavy atom. The van der Waals surface area contributed by atoms with Gasteiger partial charge in [0.05, 0.1) is 22.1 Å². The molecule has 0 aliphatic carbocycles. The van der Waals surface area contributed by atoms with E-state index in [1.54, 1.807) is 0 Å². The number of ether oxygens (including phenoxy) is 1. The van der Waals surface area contributed by atoms with Crippen molar-refractivity contribution in [2.45, 2.75) is 0 Å². The molecule has 0 bridgehead atoms. The molecule has 0 saturated heterocycles. The van der Waals surface area contributed by atoms with Gasteiger partial charge in [-0.05, 0) is 54.1 Å². The van der Waals surface area contributed by atoms with Crippen molar-refractivity contribution in [2.24, 2.45) is 0 Å². The Balaban J connectivity index is 1.18. The summed E-state index contributed by atoms with van der Waals surface area (Å²) in [6, 6.07) is 57.0. The molecule has 3 aromatic heterocycles. The zero-order chi connectivity index (χ0) is 34.6. The molecule has 7 heteroatoms. The van der Waals surface area contributed by atoms with E-state index in [9.17, 15) is 0 Å². The summed E-state index contributed by atoms with van der Waals surface area (Å²) >= 11 is 0. The molecule has 0 atom stereocenters. The standard InChI is InChI=1S/C46H27BN4O2/c1-7-19-36-29(13-1)30-14-2-8-20-37(30)50(36)43-27-44(51-38-21-9-3-15-31(38)32-16-4-10-22-39(32)51)49-46(48-43)28-25-34-33-17-5-11-23-40(33)53-47-35-18-6-12-24-41(35)52-42(26-28)45(34)47/h1-27H. The van der Waals surface area contributed by atoms with Crippen molar-refractivity contribution in [1.29, 1.82) is 0 Å². The Labute approximate surface area is 304 Å². The van der Waals surface area contributed by atoms with E-state index in [0.717, 1.165) is 78.6 Å². The largest absolute Gasteiger partial charge is 0.551 e. The topological polar surface area (TPSA) is 54.1 Å². The molecule has 0 unspecified atom stereocenters. The highest BCUT2D eigenvalue weighted by molar-refractivity contribution is 6.84. The van der Waals surface area contributed by atoms with E-state index >= 15 is 0 Å². The van der Waals surface area contributed by atoms with Gasteiger partial charge in [-0.25, -0.2) is 9.97 Å². The molecule has 53 heavy (non-hydrogen) atoms. The second kappa shape index (κ2) is 10.7. The monoisotopic (exact) mass is 678 g/mol. The van der Waals surface area contributed by atoms with Gasteiger partial charge in [-0.2, -0.15) is 0 Å². The molecule has 246 valence electrons. The van der Waals surface area contributed by atoms with E-state index in [-0.39, 0.29) is 6.92 Å². The zero-order valence-electron chi connectivity index (χ0n) is 28.3. The third kappa shape index (κ3) is 4.04. The molecule has 0 saturated carbocycles. The SMILES string of the molecule is c1ccc2c(c1)Oc1cc(-c3nc(-n4c5ccccc5c5ccccc54)cc(-n4c5ccccc5c5ccccc54)n3)cc3c1B2Oc1ccccc1-3. The summed E-state index contributed by atoms with van der Waals surface area (Å²) in [4.78, 5) is 10.9. The van der Waals surface area contributed by atoms with Crippen LogP contribution in [0.2, 0.25) is 0 Å². The lowest BCUT2D eigenvalue weighted by molar-refractivity contribution is 0.479. The quantitative estimate of drug-likeness (QED) is 0.175. The third-order valence-electron chi connectivity index (χ3n) is 10.8.